The number of hydrogen-bond acceptors (Lipinski definition) is 4. The second-order valence-corrected chi connectivity index (χ2v) is 8.97. The fourth-order valence-electron chi connectivity index (χ4n) is 2.41. The highest BCUT2D eigenvalue weighted by Crippen LogP contribution is 2.21. The molecule has 1 atom stereocenters. The number of carbonyl (C=O) groups excluding carboxylic acids is 1. The van der Waals surface area contributed by atoms with E-state index in [0.717, 1.165) is 22.6 Å². The number of benzene rings is 2. The quantitative estimate of drug-likeness (QED) is 0.710. The molecule has 2 aromatic carbocycles. The first-order valence-corrected chi connectivity index (χ1v) is 11.0. The number of thioether (sulfide) groups is 1. The van der Waals surface area contributed by atoms with Crippen LogP contribution in [0.3, 0.4) is 0 Å². The van der Waals surface area contributed by atoms with Gasteiger partial charge < -0.3 is 5.32 Å². The first kappa shape index (κ1) is 19.5. The zero-order valence-corrected chi connectivity index (χ0v) is 16.1. The zero-order valence-electron chi connectivity index (χ0n) is 14.4. The van der Waals surface area contributed by atoms with Crippen LogP contribution in [0.25, 0.3) is 0 Å². The smallest absolute Gasteiger partial charge is 0.221 e. The van der Waals surface area contributed by atoms with Gasteiger partial charge in [-0.3, -0.25) is 4.79 Å². The van der Waals surface area contributed by atoms with Crippen molar-refractivity contribution in [3.8, 4) is 0 Å². The molecular formula is C19H23NO3S2. The van der Waals surface area contributed by atoms with Crippen LogP contribution in [0.2, 0.25) is 0 Å². The lowest BCUT2D eigenvalue weighted by Gasteiger charge is -2.18. The molecule has 0 saturated heterocycles. The first-order chi connectivity index (χ1) is 11.9. The third kappa shape index (κ3) is 6.21. The van der Waals surface area contributed by atoms with Crippen molar-refractivity contribution in [2.24, 2.45) is 0 Å². The minimum Gasteiger partial charge on any atom is -0.349 e. The van der Waals surface area contributed by atoms with E-state index in [0.29, 0.717) is 6.42 Å². The summed E-state index contributed by atoms with van der Waals surface area (Å²) >= 11 is 1.66. The Morgan fingerprint density at radius 3 is 2.28 bits per heavy atom. The molecule has 0 spiro atoms. The van der Waals surface area contributed by atoms with Crippen molar-refractivity contribution in [2.45, 2.75) is 35.6 Å². The molecule has 4 nitrogen and oxygen atoms in total. The second-order valence-electron chi connectivity index (χ2n) is 5.78. The summed E-state index contributed by atoms with van der Waals surface area (Å²) in [6.45, 7) is 1.99. The maximum Gasteiger partial charge on any atom is 0.221 e. The van der Waals surface area contributed by atoms with Crippen LogP contribution in [-0.2, 0) is 14.6 Å². The Morgan fingerprint density at radius 1 is 1.08 bits per heavy atom. The van der Waals surface area contributed by atoms with Gasteiger partial charge in [-0.1, -0.05) is 37.3 Å². The average Bonchev–Trinajstić information content (AvgIpc) is 2.60. The molecule has 1 unspecified atom stereocenters. The second kappa shape index (κ2) is 9.06. The SMILES string of the molecule is CCC(NC(=O)CCSc1ccccc1)c1ccc(S(C)(=O)=O)cc1. The Bertz CT molecular complexity index is 787. The van der Waals surface area contributed by atoms with Gasteiger partial charge in [0, 0.05) is 23.3 Å². The fraction of sp³-hybridized carbons (Fsp3) is 0.316. The Labute approximate surface area is 154 Å². The molecule has 0 bridgehead atoms. The van der Waals surface area contributed by atoms with E-state index in [-0.39, 0.29) is 16.8 Å². The van der Waals surface area contributed by atoms with Gasteiger partial charge in [0.1, 0.15) is 0 Å². The molecule has 1 amide bonds. The first-order valence-electron chi connectivity index (χ1n) is 8.17. The van der Waals surface area contributed by atoms with Gasteiger partial charge in [-0.2, -0.15) is 0 Å². The van der Waals surface area contributed by atoms with Crippen molar-refractivity contribution in [1.29, 1.82) is 0 Å². The van der Waals surface area contributed by atoms with Crippen LogP contribution in [0.1, 0.15) is 31.4 Å². The third-order valence-electron chi connectivity index (χ3n) is 3.80. The molecule has 25 heavy (non-hydrogen) atoms. The van der Waals surface area contributed by atoms with Crippen molar-refractivity contribution < 1.29 is 13.2 Å². The topological polar surface area (TPSA) is 63.2 Å². The Balaban J connectivity index is 1.89. The fourth-order valence-corrected chi connectivity index (χ4v) is 3.92. The van der Waals surface area contributed by atoms with Crippen LogP contribution in [0.15, 0.2) is 64.4 Å². The average molecular weight is 378 g/mol. The number of hydrogen-bond donors (Lipinski definition) is 1. The van der Waals surface area contributed by atoms with Crippen LogP contribution in [0, 0.1) is 0 Å². The highest BCUT2D eigenvalue weighted by molar-refractivity contribution is 7.99. The van der Waals surface area contributed by atoms with Gasteiger partial charge in [0.25, 0.3) is 0 Å². The van der Waals surface area contributed by atoms with E-state index >= 15 is 0 Å². The molecule has 0 heterocycles. The number of nitrogens with one attached hydrogen (secondary N) is 1. The monoisotopic (exact) mass is 377 g/mol. The number of sulfone groups is 1. The predicted octanol–water partition coefficient (Wildman–Crippen LogP) is 3.84. The van der Waals surface area contributed by atoms with Crippen LogP contribution in [0.5, 0.6) is 0 Å². The summed E-state index contributed by atoms with van der Waals surface area (Å²) in [6.07, 6.45) is 2.37. The lowest BCUT2D eigenvalue weighted by atomic mass is 10.0. The summed E-state index contributed by atoms with van der Waals surface area (Å²) in [5.74, 6) is 0.724. The van der Waals surface area contributed by atoms with E-state index in [1.165, 1.54) is 6.26 Å². The molecule has 0 saturated carbocycles. The molecule has 1 N–H and O–H groups in total. The Morgan fingerprint density at radius 2 is 1.72 bits per heavy atom. The standard InChI is InChI=1S/C19H23NO3S2/c1-3-18(15-9-11-17(12-10-15)25(2,22)23)20-19(21)13-14-24-16-7-5-4-6-8-16/h4-12,18H,3,13-14H2,1-2H3,(H,20,21). The summed E-state index contributed by atoms with van der Waals surface area (Å²) < 4.78 is 23.0. The van der Waals surface area contributed by atoms with Gasteiger partial charge in [0.05, 0.1) is 10.9 Å². The summed E-state index contributed by atoms with van der Waals surface area (Å²) in [7, 11) is -3.20. The van der Waals surface area contributed by atoms with Crippen molar-refractivity contribution >= 4 is 27.5 Å². The minimum atomic E-state index is -3.20. The van der Waals surface area contributed by atoms with E-state index in [1.807, 2.05) is 37.3 Å². The van der Waals surface area contributed by atoms with Crippen molar-refractivity contribution in [2.75, 3.05) is 12.0 Å². The maximum absolute atomic E-state index is 12.2. The zero-order chi connectivity index (χ0) is 18.3. The predicted molar refractivity (Wildman–Crippen MR) is 103 cm³/mol. The molecule has 134 valence electrons. The van der Waals surface area contributed by atoms with E-state index in [4.69, 9.17) is 0 Å². The Hall–Kier alpha value is -1.79. The van der Waals surface area contributed by atoms with Crippen molar-refractivity contribution in [3.05, 3.63) is 60.2 Å². The summed E-state index contributed by atoms with van der Waals surface area (Å²) in [4.78, 5) is 13.6. The van der Waals surface area contributed by atoms with Crippen LogP contribution in [-0.4, -0.2) is 26.3 Å². The molecule has 0 radical (unpaired) electrons. The molecule has 0 aliphatic heterocycles. The highest BCUT2D eigenvalue weighted by Gasteiger charge is 2.14. The summed E-state index contributed by atoms with van der Waals surface area (Å²) in [5.41, 5.74) is 0.916. The molecule has 0 aliphatic rings. The molecule has 0 aliphatic carbocycles. The van der Waals surface area contributed by atoms with Gasteiger partial charge in [-0.25, -0.2) is 8.42 Å². The highest BCUT2D eigenvalue weighted by atomic mass is 32.2. The molecule has 2 rings (SSSR count). The van der Waals surface area contributed by atoms with Crippen LogP contribution < -0.4 is 5.32 Å². The van der Waals surface area contributed by atoms with Gasteiger partial charge >= 0.3 is 0 Å². The van der Waals surface area contributed by atoms with E-state index in [9.17, 15) is 13.2 Å². The summed E-state index contributed by atoms with van der Waals surface area (Å²) in [6, 6.07) is 16.6. The molecule has 0 fully saturated rings. The lowest BCUT2D eigenvalue weighted by Crippen LogP contribution is -2.28. The number of carbonyl (C=O) groups is 1. The third-order valence-corrected chi connectivity index (χ3v) is 5.94. The van der Waals surface area contributed by atoms with Gasteiger partial charge in [-0.05, 0) is 36.2 Å². The van der Waals surface area contributed by atoms with E-state index in [1.54, 1.807) is 36.0 Å². The van der Waals surface area contributed by atoms with Crippen LogP contribution in [0.4, 0.5) is 0 Å². The summed E-state index contributed by atoms with van der Waals surface area (Å²) in [5, 5.41) is 3.03. The van der Waals surface area contributed by atoms with Crippen molar-refractivity contribution in [3.63, 3.8) is 0 Å². The van der Waals surface area contributed by atoms with E-state index < -0.39 is 9.84 Å². The van der Waals surface area contributed by atoms with Gasteiger partial charge in [0.2, 0.25) is 5.91 Å². The molecule has 6 heteroatoms. The van der Waals surface area contributed by atoms with Crippen molar-refractivity contribution in [1.82, 2.24) is 5.32 Å². The van der Waals surface area contributed by atoms with Crippen LogP contribution >= 0.6 is 11.8 Å². The van der Waals surface area contributed by atoms with Gasteiger partial charge in [-0.15, -0.1) is 11.8 Å². The number of amides is 1. The molecule has 0 aromatic heterocycles. The lowest BCUT2D eigenvalue weighted by molar-refractivity contribution is -0.121. The molecule has 2 aromatic rings. The van der Waals surface area contributed by atoms with Gasteiger partial charge in [0.15, 0.2) is 9.84 Å². The van der Waals surface area contributed by atoms with E-state index in [2.05, 4.69) is 5.32 Å². The molecular weight excluding hydrogens is 354 g/mol. The maximum atomic E-state index is 12.2. The largest absolute Gasteiger partial charge is 0.349 e. The minimum absolute atomic E-state index is 0.00229. The Kier molecular flexibility index (Phi) is 7.08. The normalized spacial score (nSPS) is 12.6. The number of rotatable bonds is 8.